The Balaban J connectivity index is 2.57. The molecule has 0 atom stereocenters. The van der Waals surface area contributed by atoms with E-state index in [1.165, 1.54) is 6.33 Å². The molecule has 0 aliphatic heterocycles. The summed E-state index contributed by atoms with van der Waals surface area (Å²) < 4.78 is 1.54. The van der Waals surface area contributed by atoms with Crippen LogP contribution in [0.4, 0.5) is 5.69 Å². The van der Waals surface area contributed by atoms with Gasteiger partial charge < -0.3 is 5.73 Å². The van der Waals surface area contributed by atoms with E-state index in [0.717, 1.165) is 5.69 Å². The lowest BCUT2D eigenvalue weighted by Gasteiger charge is -2.03. The Kier molecular flexibility index (Phi) is 1.70. The van der Waals surface area contributed by atoms with E-state index in [1.54, 1.807) is 17.1 Å². The summed E-state index contributed by atoms with van der Waals surface area (Å²) in [4.78, 5) is 8.08. The molecular weight excluding hydrogens is 166 g/mol. The van der Waals surface area contributed by atoms with E-state index < -0.39 is 0 Å². The van der Waals surface area contributed by atoms with Crippen molar-refractivity contribution in [2.24, 2.45) is 0 Å². The highest BCUT2D eigenvalue weighted by Gasteiger charge is 2.03. The van der Waals surface area contributed by atoms with E-state index in [4.69, 9.17) is 5.73 Å². The first-order valence-electron chi connectivity index (χ1n) is 3.85. The molecule has 2 heterocycles. The second kappa shape index (κ2) is 2.85. The van der Waals surface area contributed by atoms with Crippen LogP contribution in [-0.2, 0) is 0 Å². The molecule has 2 aromatic rings. The molecular formula is C8H9N5. The molecule has 5 heteroatoms. The Hall–Kier alpha value is -1.91. The zero-order chi connectivity index (χ0) is 9.26. The molecule has 0 aromatic carbocycles. The minimum absolute atomic E-state index is 0.594. The number of anilines is 1. The first-order valence-corrected chi connectivity index (χ1v) is 3.85. The molecule has 2 aromatic heterocycles. The molecule has 0 spiro atoms. The first kappa shape index (κ1) is 7.72. The van der Waals surface area contributed by atoms with Crippen LogP contribution in [0, 0.1) is 6.92 Å². The van der Waals surface area contributed by atoms with Gasteiger partial charge in [0.05, 0.1) is 5.69 Å². The molecule has 0 saturated heterocycles. The van der Waals surface area contributed by atoms with E-state index in [9.17, 15) is 0 Å². The van der Waals surface area contributed by atoms with Crippen molar-refractivity contribution < 1.29 is 0 Å². The summed E-state index contributed by atoms with van der Waals surface area (Å²) >= 11 is 0. The minimum Gasteiger partial charge on any atom is -0.396 e. The van der Waals surface area contributed by atoms with E-state index >= 15 is 0 Å². The third kappa shape index (κ3) is 1.35. The fraction of sp³-hybridized carbons (Fsp3) is 0.125. The highest BCUT2D eigenvalue weighted by atomic mass is 15.3. The molecule has 66 valence electrons. The van der Waals surface area contributed by atoms with Crippen molar-refractivity contribution >= 4 is 5.69 Å². The highest BCUT2D eigenvalue weighted by molar-refractivity contribution is 5.52. The van der Waals surface area contributed by atoms with Crippen molar-refractivity contribution in [1.82, 2.24) is 19.7 Å². The van der Waals surface area contributed by atoms with Gasteiger partial charge in [-0.05, 0) is 19.1 Å². The van der Waals surface area contributed by atoms with Crippen LogP contribution in [0.25, 0.3) is 5.82 Å². The van der Waals surface area contributed by atoms with Crippen molar-refractivity contribution in [3.8, 4) is 5.82 Å². The normalized spacial score (nSPS) is 10.2. The predicted octanol–water partition coefficient (Wildman–Crippen LogP) is 0.553. The van der Waals surface area contributed by atoms with E-state index in [0.29, 0.717) is 11.5 Å². The fourth-order valence-corrected chi connectivity index (χ4v) is 1.05. The quantitative estimate of drug-likeness (QED) is 0.687. The number of nitrogens with two attached hydrogens (primary N) is 1. The number of hydrogen-bond acceptors (Lipinski definition) is 4. The van der Waals surface area contributed by atoms with Gasteiger partial charge in [0.2, 0.25) is 0 Å². The van der Waals surface area contributed by atoms with Crippen molar-refractivity contribution in [3.63, 3.8) is 0 Å². The maximum Gasteiger partial charge on any atom is 0.178 e. The molecule has 0 aliphatic rings. The maximum atomic E-state index is 5.73. The van der Waals surface area contributed by atoms with Gasteiger partial charge in [0, 0.05) is 5.69 Å². The maximum absolute atomic E-state index is 5.73. The van der Waals surface area contributed by atoms with Crippen LogP contribution in [0.3, 0.4) is 0 Å². The van der Waals surface area contributed by atoms with Gasteiger partial charge in [-0.15, -0.1) is 0 Å². The molecule has 0 unspecified atom stereocenters. The van der Waals surface area contributed by atoms with Crippen molar-refractivity contribution in [1.29, 1.82) is 0 Å². The summed E-state index contributed by atoms with van der Waals surface area (Å²) in [5.41, 5.74) is 7.23. The van der Waals surface area contributed by atoms with Gasteiger partial charge >= 0.3 is 0 Å². The van der Waals surface area contributed by atoms with Gasteiger partial charge in [-0.3, -0.25) is 0 Å². The van der Waals surface area contributed by atoms with Crippen LogP contribution in [0.15, 0.2) is 24.8 Å². The number of nitrogens with zero attached hydrogens (tertiary/aromatic N) is 4. The Morgan fingerprint density at radius 2 is 2.23 bits per heavy atom. The van der Waals surface area contributed by atoms with Gasteiger partial charge in [-0.1, -0.05) is 0 Å². The van der Waals surface area contributed by atoms with Gasteiger partial charge in [0.15, 0.2) is 5.82 Å². The van der Waals surface area contributed by atoms with Crippen LogP contribution in [0.5, 0.6) is 0 Å². The van der Waals surface area contributed by atoms with Gasteiger partial charge in [0.1, 0.15) is 12.7 Å². The summed E-state index contributed by atoms with van der Waals surface area (Å²) in [5, 5.41) is 3.95. The van der Waals surface area contributed by atoms with E-state index in [2.05, 4.69) is 15.1 Å². The summed E-state index contributed by atoms with van der Waals surface area (Å²) in [6.07, 6.45) is 3.02. The van der Waals surface area contributed by atoms with Gasteiger partial charge in [-0.2, -0.15) is 5.10 Å². The molecule has 0 fully saturated rings. The molecule has 0 aliphatic carbocycles. The third-order valence-electron chi connectivity index (χ3n) is 1.68. The van der Waals surface area contributed by atoms with Gasteiger partial charge in [0.25, 0.3) is 0 Å². The van der Waals surface area contributed by atoms with Crippen LogP contribution >= 0.6 is 0 Å². The highest BCUT2D eigenvalue weighted by Crippen LogP contribution is 2.12. The average molecular weight is 175 g/mol. The summed E-state index contributed by atoms with van der Waals surface area (Å²) in [7, 11) is 0. The third-order valence-corrected chi connectivity index (χ3v) is 1.68. The minimum atomic E-state index is 0.594. The Bertz CT molecular complexity index is 406. The number of nitrogen functional groups attached to an aromatic ring is 1. The molecule has 5 nitrogen and oxygen atoms in total. The van der Waals surface area contributed by atoms with E-state index in [1.807, 2.05) is 13.0 Å². The topological polar surface area (TPSA) is 69.6 Å². The number of aromatic nitrogens is 4. The zero-order valence-electron chi connectivity index (χ0n) is 7.18. The molecule has 0 saturated carbocycles. The molecule has 0 radical (unpaired) electrons. The van der Waals surface area contributed by atoms with Crippen LogP contribution in [-0.4, -0.2) is 19.7 Å². The lowest BCUT2D eigenvalue weighted by atomic mass is 10.3. The van der Waals surface area contributed by atoms with Crippen LogP contribution in [0.2, 0.25) is 0 Å². The predicted molar refractivity (Wildman–Crippen MR) is 48.3 cm³/mol. The zero-order valence-corrected chi connectivity index (χ0v) is 7.18. The standard InChI is InChI=1S/C8H9N5/c1-6-2-3-7(9)8(12-6)13-5-10-4-11-13/h2-5H,9H2,1H3. The molecule has 13 heavy (non-hydrogen) atoms. The van der Waals surface area contributed by atoms with Crippen molar-refractivity contribution in [2.75, 3.05) is 5.73 Å². The molecule has 0 bridgehead atoms. The van der Waals surface area contributed by atoms with Crippen molar-refractivity contribution in [2.45, 2.75) is 6.92 Å². The number of aryl methyl sites for hydroxylation is 1. The Morgan fingerprint density at radius 3 is 2.92 bits per heavy atom. The Morgan fingerprint density at radius 1 is 1.38 bits per heavy atom. The smallest absolute Gasteiger partial charge is 0.178 e. The fourth-order valence-electron chi connectivity index (χ4n) is 1.05. The second-order valence-corrected chi connectivity index (χ2v) is 2.71. The molecule has 2 rings (SSSR count). The first-order chi connectivity index (χ1) is 6.27. The molecule has 2 N–H and O–H groups in total. The summed E-state index contributed by atoms with van der Waals surface area (Å²) in [5.74, 6) is 0.623. The van der Waals surface area contributed by atoms with Crippen molar-refractivity contribution in [3.05, 3.63) is 30.5 Å². The summed E-state index contributed by atoms with van der Waals surface area (Å²) in [6.45, 7) is 1.90. The largest absolute Gasteiger partial charge is 0.396 e. The van der Waals surface area contributed by atoms with Crippen LogP contribution < -0.4 is 5.73 Å². The number of rotatable bonds is 1. The second-order valence-electron chi connectivity index (χ2n) is 2.71. The van der Waals surface area contributed by atoms with Crippen LogP contribution in [0.1, 0.15) is 5.69 Å². The van der Waals surface area contributed by atoms with Gasteiger partial charge in [-0.25, -0.2) is 14.6 Å². The Labute approximate surface area is 75.2 Å². The average Bonchev–Trinajstić information content (AvgIpc) is 2.61. The lowest BCUT2D eigenvalue weighted by molar-refractivity contribution is 0.842. The van der Waals surface area contributed by atoms with E-state index in [-0.39, 0.29) is 0 Å². The summed E-state index contributed by atoms with van der Waals surface area (Å²) in [6, 6.07) is 3.66. The lowest BCUT2D eigenvalue weighted by Crippen LogP contribution is -2.03. The SMILES string of the molecule is Cc1ccc(N)c(-n2cncn2)n1. The monoisotopic (exact) mass is 175 g/mol. The molecule has 0 amide bonds. The number of pyridine rings is 1. The number of hydrogen-bond donors (Lipinski definition) is 1.